The summed E-state index contributed by atoms with van der Waals surface area (Å²) in [5.74, 6) is 0.738. The minimum atomic E-state index is 0.193. The fraction of sp³-hybridized carbons (Fsp3) is 0.333. The molecule has 5 heteroatoms. The smallest absolute Gasteiger partial charge is 0.227 e. The lowest BCUT2D eigenvalue weighted by molar-refractivity contribution is -0.133. The van der Waals surface area contributed by atoms with Crippen LogP contribution in [0.5, 0.6) is 0 Å². The number of rotatable bonds is 3. The first-order valence-electron chi connectivity index (χ1n) is 9.05. The van der Waals surface area contributed by atoms with Gasteiger partial charge in [-0.15, -0.1) is 0 Å². The second-order valence-electron chi connectivity index (χ2n) is 6.94. The minimum Gasteiger partial charge on any atom is -0.436 e. The fourth-order valence-electron chi connectivity index (χ4n) is 3.58. The molecule has 26 heavy (non-hydrogen) atoms. The highest BCUT2D eigenvalue weighted by atomic mass is 35.5. The van der Waals surface area contributed by atoms with Crippen molar-refractivity contribution >= 4 is 28.6 Å². The number of hydrogen-bond donors (Lipinski definition) is 0. The average Bonchev–Trinajstić information content (AvgIpc) is 3.05. The molecule has 1 atom stereocenters. The summed E-state index contributed by atoms with van der Waals surface area (Å²) >= 11 is 6.02. The molecule has 2 aromatic carbocycles. The highest BCUT2D eigenvalue weighted by molar-refractivity contribution is 6.31. The van der Waals surface area contributed by atoms with Gasteiger partial charge in [-0.1, -0.05) is 23.7 Å². The third-order valence-electron chi connectivity index (χ3n) is 5.00. The molecule has 1 fully saturated rings. The Kier molecular flexibility index (Phi) is 4.68. The maximum atomic E-state index is 12.7. The molecular weight excluding hydrogens is 348 g/mol. The molecule has 0 bridgehead atoms. The van der Waals surface area contributed by atoms with E-state index in [9.17, 15) is 4.79 Å². The number of fused-ring (bicyclic) bond motifs is 1. The fourth-order valence-corrected chi connectivity index (χ4v) is 3.75. The lowest BCUT2D eigenvalue weighted by Gasteiger charge is -2.33. The summed E-state index contributed by atoms with van der Waals surface area (Å²) in [6.07, 6.45) is 3.81. The summed E-state index contributed by atoms with van der Waals surface area (Å²) in [5.41, 5.74) is 3.28. The van der Waals surface area contributed by atoms with Crippen molar-refractivity contribution in [3.05, 3.63) is 53.1 Å². The average molecular weight is 369 g/mol. The molecule has 0 aliphatic carbocycles. The van der Waals surface area contributed by atoms with Gasteiger partial charge < -0.3 is 9.32 Å². The molecule has 3 aromatic rings. The van der Waals surface area contributed by atoms with Gasteiger partial charge in [0.15, 0.2) is 5.58 Å². The SMILES string of the molecule is C[C@H]1CCCCN1C(=O)Cc1cccc(-c2nc3cc(Cl)ccc3o2)c1. The maximum Gasteiger partial charge on any atom is 0.227 e. The Hall–Kier alpha value is -2.33. The Labute approximate surface area is 157 Å². The Bertz CT molecular complexity index is 950. The number of benzene rings is 2. The van der Waals surface area contributed by atoms with Crippen molar-refractivity contribution in [3.63, 3.8) is 0 Å². The molecule has 4 rings (SSSR count). The molecule has 134 valence electrons. The molecule has 4 nitrogen and oxygen atoms in total. The Balaban J connectivity index is 1.56. The zero-order valence-corrected chi connectivity index (χ0v) is 15.5. The van der Waals surface area contributed by atoms with Crippen molar-refractivity contribution in [1.29, 1.82) is 0 Å². The van der Waals surface area contributed by atoms with E-state index in [2.05, 4.69) is 11.9 Å². The number of piperidine rings is 1. The summed E-state index contributed by atoms with van der Waals surface area (Å²) < 4.78 is 5.84. The number of oxazole rings is 1. The lowest BCUT2D eigenvalue weighted by atomic mass is 10.0. The van der Waals surface area contributed by atoms with Crippen LogP contribution in [-0.2, 0) is 11.2 Å². The van der Waals surface area contributed by atoms with Gasteiger partial charge in [0, 0.05) is 23.2 Å². The van der Waals surface area contributed by atoms with Crippen molar-refractivity contribution in [3.8, 4) is 11.5 Å². The molecule has 0 radical (unpaired) electrons. The summed E-state index contributed by atoms with van der Waals surface area (Å²) in [6, 6.07) is 13.6. The van der Waals surface area contributed by atoms with E-state index in [1.165, 1.54) is 6.42 Å². The van der Waals surface area contributed by atoms with Gasteiger partial charge in [0.05, 0.1) is 6.42 Å². The Morgan fingerprint density at radius 2 is 2.15 bits per heavy atom. The standard InChI is InChI=1S/C21H21ClN2O2/c1-14-5-2-3-10-24(14)20(25)12-15-6-4-7-16(11-15)21-23-18-13-17(22)8-9-19(18)26-21/h4,6-9,11,13-14H,2-3,5,10,12H2,1H3/t14-/m0/s1. The molecule has 1 aliphatic rings. The molecule has 0 N–H and O–H groups in total. The molecule has 1 aromatic heterocycles. The zero-order valence-electron chi connectivity index (χ0n) is 14.7. The number of likely N-dealkylation sites (tertiary alicyclic amines) is 1. The Morgan fingerprint density at radius 1 is 1.27 bits per heavy atom. The van der Waals surface area contributed by atoms with Crippen LogP contribution in [0.15, 0.2) is 46.9 Å². The van der Waals surface area contributed by atoms with Crippen molar-refractivity contribution in [2.75, 3.05) is 6.54 Å². The van der Waals surface area contributed by atoms with Crippen LogP contribution in [0.4, 0.5) is 0 Å². The van der Waals surface area contributed by atoms with E-state index in [1.807, 2.05) is 35.2 Å². The van der Waals surface area contributed by atoms with Crippen LogP contribution in [0.3, 0.4) is 0 Å². The van der Waals surface area contributed by atoms with E-state index >= 15 is 0 Å². The monoisotopic (exact) mass is 368 g/mol. The van der Waals surface area contributed by atoms with E-state index in [-0.39, 0.29) is 5.91 Å². The number of hydrogen-bond acceptors (Lipinski definition) is 3. The van der Waals surface area contributed by atoms with Crippen LogP contribution >= 0.6 is 11.6 Å². The number of nitrogens with zero attached hydrogens (tertiary/aromatic N) is 2. The van der Waals surface area contributed by atoms with Crippen molar-refractivity contribution < 1.29 is 9.21 Å². The number of halogens is 1. The first kappa shape index (κ1) is 17.1. The van der Waals surface area contributed by atoms with Crippen LogP contribution in [0, 0.1) is 0 Å². The number of aromatic nitrogens is 1. The summed E-state index contributed by atoms with van der Waals surface area (Å²) in [7, 11) is 0. The van der Waals surface area contributed by atoms with Gasteiger partial charge >= 0.3 is 0 Å². The summed E-state index contributed by atoms with van der Waals surface area (Å²) in [6.45, 7) is 3.00. The van der Waals surface area contributed by atoms with Crippen LogP contribution in [0.25, 0.3) is 22.6 Å². The highest BCUT2D eigenvalue weighted by Crippen LogP contribution is 2.27. The lowest BCUT2D eigenvalue weighted by Crippen LogP contribution is -2.42. The molecule has 1 aliphatic heterocycles. The highest BCUT2D eigenvalue weighted by Gasteiger charge is 2.23. The first-order chi connectivity index (χ1) is 12.6. The third-order valence-corrected chi connectivity index (χ3v) is 5.24. The molecule has 0 spiro atoms. The van der Waals surface area contributed by atoms with E-state index < -0.39 is 0 Å². The summed E-state index contributed by atoms with van der Waals surface area (Å²) in [4.78, 5) is 19.2. The normalized spacial score (nSPS) is 17.6. The summed E-state index contributed by atoms with van der Waals surface area (Å²) in [5, 5.41) is 0.632. The van der Waals surface area contributed by atoms with E-state index in [0.717, 1.165) is 36.0 Å². The number of amides is 1. The van der Waals surface area contributed by atoms with Gasteiger partial charge in [0.1, 0.15) is 5.52 Å². The molecule has 0 unspecified atom stereocenters. The predicted molar refractivity (Wildman–Crippen MR) is 103 cm³/mol. The van der Waals surface area contributed by atoms with Crippen molar-refractivity contribution in [2.24, 2.45) is 0 Å². The third kappa shape index (κ3) is 3.47. The molecule has 1 saturated heterocycles. The van der Waals surface area contributed by atoms with Crippen molar-refractivity contribution in [1.82, 2.24) is 9.88 Å². The number of carbonyl (C=O) groups excluding carboxylic acids is 1. The van der Waals surface area contributed by atoms with Gasteiger partial charge in [-0.2, -0.15) is 0 Å². The van der Waals surface area contributed by atoms with E-state index in [0.29, 0.717) is 29.0 Å². The maximum absolute atomic E-state index is 12.7. The van der Waals surface area contributed by atoms with Crippen LogP contribution in [0.1, 0.15) is 31.7 Å². The largest absolute Gasteiger partial charge is 0.436 e. The number of carbonyl (C=O) groups is 1. The molecular formula is C21H21ClN2O2. The van der Waals surface area contributed by atoms with Gasteiger partial charge in [-0.25, -0.2) is 4.98 Å². The molecule has 0 saturated carbocycles. The van der Waals surface area contributed by atoms with Crippen LogP contribution < -0.4 is 0 Å². The van der Waals surface area contributed by atoms with Gasteiger partial charge in [0.25, 0.3) is 0 Å². The van der Waals surface area contributed by atoms with Crippen LogP contribution in [0.2, 0.25) is 5.02 Å². The predicted octanol–water partition coefficient (Wildman–Crippen LogP) is 5.09. The van der Waals surface area contributed by atoms with Gasteiger partial charge in [-0.3, -0.25) is 4.79 Å². The van der Waals surface area contributed by atoms with Gasteiger partial charge in [0.2, 0.25) is 11.8 Å². The zero-order chi connectivity index (χ0) is 18.1. The van der Waals surface area contributed by atoms with Crippen molar-refractivity contribution in [2.45, 2.75) is 38.6 Å². The van der Waals surface area contributed by atoms with E-state index in [1.54, 1.807) is 12.1 Å². The molecule has 2 heterocycles. The first-order valence-corrected chi connectivity index (χ1v) is 9.43. The van der Waals surface area contributed by atoms with Gasteiger partial charge in [-0.05, 0) is 62.1 Å². The minimum absolute atomic E-state index is 0.193. The second-order valence-corrected chi connectivity index (χ2v) is 7.38. The van der Waals surface area contributed by atoms with E-state index in [4.69, 9.17) is 16.0 Å². The van der Waals surface area contributed by atoms with Crippen LogP contribution in [-0.4, -0.2) is 28.4 Å². The topological polar surface area (TPSA) is 46.3 Å². The molecule has 1 amide bonds. The second kappa shape index (κ2) is 7.12. The Morgan fingerprint density at radius 3 is 3.00 bits per heavy atom. The quantitative estimate of drug-likeness (QED) is 0.646.